The van der Waals surface area contributed by atoms with Crippen LogP contribution in [0.2, 0.25) is 0 Å². The van der Waals surface area contributed by atoms with Gasteiger partial charge in [-0.1, -0.05) is 0 Å². The zero-order valence-electron chi connectivity index (χ0n) is 10.8. The van der Waals surface area contributed by atoms with Gasteiger partial charge in [0.15, 0.2) is 11.5 Å². The SMILES string of the molecule is Cc1nc(-c2ccc3c(c2)OCCO3)c(=O)[nH]c1C. The molecule has 0 atom stereocenters. The van der Waals surface area contributed by atoms with Crippen LogP contribution in [0.4, 0.5) is 0 Å². The summed E-state index contributed by atoms with van der Waals surface area (Å²) in [5.74, 6) is 1.36. The standard InChI is InChI=1S/C14H14N2O3/c1-8-9(2)16-14(17)13(15-8)10-3-4-11-12(7-10)19-6-5-18-11/h3-4,7H,5-6H2,1-2H3,(H,16,17). The van der Waals surface area contributed by atoms with E-state index in [2.05, 4.69) is 9.97 Å². The molecule has 2 heterocycles. The number of hydrogen-bond donors (Lipinski definition) is 1. The Hall–Kier alpha value is -2.30. The van der Waals surface area contributed by atoms with Crippen LogP contribution in [0, 0.1) is 13.8 Å². The predicted octanol–water partition coefficient (Wildman–Crippen LogP) is 1.82. The monoisotopic (exact) mass is 258 g/mol. The first kappa shape index (κ1) is 11.8. The van der Waals surface area contributed by atoms with Crippen molar-refractivity contribution in [2.24, 2.45) is 0 Å². The Kier molecular flexibility index (Phi) is 2.74. The van der Waals surface area contributed by atoms with E-state index in [1.165, 1.54) is 0 Å². The summed E-state index contributed by atoms with van der Waals surface area (Å²) >= 11 is 0. The highest BCUT2D eigenvalue weighted by molar-refractivity contribution is 5.63. The molecule has 0 radical (unpaired) electrons. The molecule has 1 aromatic carbocycles. The van der Waals surface area contributed by atoms with Gasteiger partial charge in [-0.2, -0.15) is 0 Å². The number of aromatic amines is 1. The first-order valence-electron chi connectivity index (χ1n) is 6.12. The average molecular weight is 258 g/mol. The van der Waals surface area contributed by atoms with Crippen LogP contribution >= 0.6 is 0 Å². The Bertz CT molecular complexity index is 692. The number of fused-ring (bicyclic) bond motifs is 1. The molecule has 0 unspecified atom stereocenters. The molecule has 0 spiro atoms. The van der Waals surface area contributed by atoms with Crippen LogP contribution < -0.4 is 15.0 Å². The number of H-pyrrole nitrogens is 1. The van der Waals surface area contributed by atoms with Gasteiger partial charge in [0, 0.05) is 11.3 Å². The molecule has 1 aliphatic rings. The molecule has 19 heavy (non-hydrogen) atoms. The second kappa shape index (κ2) is 4.42. The van der Waals surface area contributed by atoms with Crippen LogP contribution in [0.5, 0.6) is 11.5 Å². The van der Waals surface area contributed by atoms with Crippen molar-refractivity contribution >= 4 is 0 Å². The Balaban J connectivity index is 2.12. The normalized spacial score (nSPS) is 13.4. The van der Waals surface area contributed by atoms with E-state index in [1.54, 1.807) is 12.1 Å². The van der Waals surface area contributed by atoms with Crippen LogP contribution in [0.1, 0.15) is 11.4 Å². The third-order valence-electron chi connectivity index (χ3n) is 3.15. The van der Waals surface area contributed by atoms with Crippen LogP contribution in [0.15, 0.2) is 23.0 Å². The molecule has 1 aliphatic heterocycles. The summed E-state index contributed by atoms with van der Waals surface area (Å²) < 4.78 is 11.0. The van der Waals surface area contributed by atoms with Crippen molar-refractivity contribution in [2.45, 2.75) is 13.8 Å². The molecule has 5 nitrogen and oxygen atoms in total. The fraction of sp³-hybridized carbons (Fsp3) is 0.286. The zero-order chi connectivity index (χ0) is 13.4. The largest absolute Gasteiger partial charge is 0.486 e. The molecule has 3 rings (SSSR count). The molecule has 1 N–H and O–H groups in total. The van der Waals surface area contributed by atoms with E-state index in [4.69, 9.17) is 9.47 Å². The first-order chi connectivity index (χ1) is 9.15. The molecule has 0 saturated heterocycles. The molecular formula is C14H14N2O3. The van der Waals surface area contributed by atoms with Gasteiger partial charge >= 0.3 is 0 Å². The molecule has 0 saturated carbocycles. The van der Waals surface area contributed by atoms with E-state index in [0.717, 1.165) is 17.0 Å². The van der Waals surface area contributed by atoms with Gasteiger partial charge < -0.3 is 14.5 Å². The Morgan fingerprint density at radius 3 is 2.68 bits per heavy atom. The van der Waals surface area contributed by atoms with E-state index >= 15 is 0 Å². The number of rotatable bonds is 1. The maximum Gasteiger partial charge on any atom is 0.274 e. The van der Waals surface area contributed by atoms with Gasteiger partial charge in [0.25, 0.3) is 5.56 Å². The fourth-order valence-corrected chi connectivity index (χ4v) is 2.01. The van der Waals surface area contributed by atoms with E-state index < -0.39 is 0 Å². The lowest BCUT2D eigenvalue weighted by Gasteiger charge is -2.18. The number of ether oxygens (including phenoxy) is 2. The highest BCUT2D eigenvalue weighted by atomic mass is 16.6. The molecule has 0 bridgehead atoms. The quantitative estimate of drug-likeness (QED) is 0.847. The number of nitrogens with one attached hydrogen (secondary N) is 1. The lowest BCUT2D eigenvalue weighted by atomic mass is 10.1. The van der Waals surface area contributed by atoms with Gasteiger partial charge in [0.2, 0.25) is 0 Å². The molecule has 98 valence electrons. The smallest absolute Gasteiger partial charge is 0.274 e. The van der Waals surface area contributed by atoms with E-state index in [9.17, 15) is 4.79 Å². The van der Waals surface area contributed by atoms with Gasteiger partial charge in [0.05, 0.1) is 5.69 Å². The summed E-state index contributed by atoms with van der Waals surface area (Å²) in [6.45, 7) is 4.77. The van der Waals surface area contributed by atoms with Crippen molar-refractivity contribution in [3.8, 4) is 22.8 Å². The second-order valence-corrected chi connectivity index (χ2v) is 4.48. The summed E-state index contributed by atoms with van der Waals surface area (Å²) in [5, 5.41) is 0. The van der Waals surface area contributed by atoms with Crippen LogP contribution in [0.25, 0.3) is 11.3 Å². The van der Waals surface area contributed by atoms with Crippen molar-refractivity contribution in [2.75, 3.05) is 13.2 Å². The van der Waals surface area contributed by atoms with Crippen molar-refractivity contribution in [3.05, 3.63) is 39.9 Å². The molecule has 0 fully saturated rings. The highest BCUT2D eigenvalue weighted by Crippen LogP contribution is 2.33. The third kappa shape index (κ3) is 2.07. The molecule has 2 aromatic rings. The average Bonchev–Trinajstić information content (AvgIpc) is 2.42. The van der Waals surface area contributed by atoms with Crippen molar-refractivity contribution < 1.29 is 9.47 Å². The number of hydrogen-bond acceptors (Lipinski definition) is 4. The van der Waals surface area contributed by atoms with Gasteiger partial charge in [0.1, 0.15) is 18.9 Å². The lowest BCUT2D eigenvalue weighted by Crippen LogP contribution is -2.16. The maximum absolute atomic E-state index is 12.0. The van der Waals surface area contributed by atoms with Gasteiger partial charge in [-0.05, 0) is 32.0 Å². The summed E-state index contributed by atoms with van der Waals surface area (Å²) in [4.78, 5) is 19.1. The summed E-state index contributed by atoms with van der Waals surface area (Å²) in [6, 6.07) is 5.42. The Labute approximate surface area is 110 Å². The topological polar surface area (TPSA) is 64.2 Å². The molecule has 1 aromatic heterocycles. The Morgan fingerprint density at radius 2 is 1.89 bits per heavy atom. The summed E-state index contributed by atoms with van der Waals surface area (Å²) in [7, 11) is 0. The van der Waals surface area contributed by atoms with Crippen LogP contribution in [-0.2, 0) is 0 Å². The fourth-order valence-electron chi connectivity index (χ4n) is 2.01. The summed E-state index contributed by atoms with van der Waals surface area (Å²) in [6.07, 6.45) is 0. The minimum atomic E-state index is -0.195. The minimum Gasteiger partial charge on any atom is -0.486 e. The van der Waals surface area contributed by atoms with Crippen LogP contribution in [-0.4, -0.2) is 23.2 Å². The van der Waals surface area contributed by atoms with Crippen LogP contribution in [0.3, 0.4) is 0 Å². The first-order valence-corrected chi connectivity index (χ1v) is 6.12. The molecular weight excluding hydrogens is 244 g/mol. The van der Waals surface area contributed by atoms with Gasteiger partial charge in [-0.3, -0.25) is 4.79 Å². The van der Waals surface area contributed by atoms with Crippen molar-refractivity contribution in [1.82, 2.24) is 9.97 Å². The third-order valence-corrected chi connectivity index (χ3v) is 3.15. The molecule has 0 aliphatic carbocycles. The van der Waals surface area contributed by atoms with E-state index in [-0.39, 0.29) is 5.56 Å². The van der Waals surface area contributed by atoms with E-state index in [0.29, 0.717) is 30.4 Å². The van der Waals surface area contributed by atoms with Crippen molar-refractivity contribution in [3.63, 3.8) is 0 Å². The summed E-state index contributed by atoms with van der Waals surface area (Å²) in [5.41, 5.74) is 2.53. The van der Waals surface area contributed by atoms with Gasteiger partial charge in [-0.15, -0.1) is 0 Å². The molecule has 0 amide bonds. The van der Waals surface area contributed by atoms with Gasteiger partial charge in [-0.25, -0.2) is 4.98 Å². The molecule has 5 heteroatoms. The number of aryl methyl sites for hydroxylation is 2. The number of nitrogens with zero attached hydrogens (tertiary/aromatic N) is 1. The van der Waals surface area contributed by atoms with Crippen molar-refractivity contribution in [1.29, 1.82) is 0 Å². The maximum atomic E-state index is 12.0. The predicted molar refractivity (Wildman–Crippen MR) is 70.8 cm³/mol. The zero-order valence-corrected chi connectivity index (χ0v) is 10.8. The highest BCUT2D eigenvalue weighted by Gasteiger charge is 2.15. The number of benzene rings is 1. The minimum absolute atomic E-state index is 0.195. The van der Waals surface area contributed by atoms with E-state index in [1.807, 2.05) is 19.9 Å². The lowest BCUT2D eigenvalue weighted by molar-refractivity contribution is 0.171. The Morgan fingerprint density at radius 1 is 1.16 bits per heavy atom. The number of aromatic nitrogens is 2. The second-order valence-electron chi connectivity index (χ2n) is 4.48.